The molecule has 0 aliphatic heterocycles. The molecule has 2 heterocycles. The Kier molecular flexibility index (Phi) is 4.93. The van der Waals surface area contributed by atoms with Crippen LogP contribution in [0.2, 0.25) is 15.3 Å². The van der Waals surface area contributed by atoms with Crippen molar-refractivity contribution >= 4 is 44.6 Å². The lowest BCUT2D eigenvalue weighted by Gasteiger charge is -2.05. The summed E-state index contributed by atoms with van der Waals surface area (Å²) in [6.45, 7) is 0. The molecule has 0 aliphatic rings. The maximum atomic E-state index is 12.1. The largest absolute Gasteiger partial charge is 0.313 e. The Morgan fingerprint density at radius 3 is 2.48 bits per heavy atom. The summed E-state index contributed by atoms with van der Waals surface area (Å²) in [6.07, 6.45) is 1.33. The van der Waals surface area contributed by atoms with E-state index in [9.17, 15) is 13.2 Å². The van der Waals surface area contributed by atoms with E-state index in [1.807, 2.05) is 0 Å². The van der Waals surface area contributed by atoms with E-state index >= 15 is 0 Å². The highest BCUT2D eigenvalue weighted by molar-refractivity contribution is 7.89. The number of hydrogen-bond acceptors (Lipinski definition) is 4. The van der Waals surface area contributed by atoms with Crippen molar-refractivity contribution in [3.05, 3.63) is 61.2 Å². The lowest BCUT2D eigenvalue weighted by Crippen LogP contribution is -2.17. The number of nitrogens with zero attached hydrogens (tertiary/aromatic N) is 1. The summed E-state index contributed by atoms with van der Waals surface area (Å²) in [7, 11) is -3.56. The molecule has 9 heteroatoms. The molecule has 0 aromatic carbocycles. The zero-order valence-corrected chi connectivity index (χ0v) is 13.5. The molecule has 0 fully saturated rings. The summed E-state index contributed by atoms with van der Waals surface area (Å²) < 4.78 is 24.2. The highest BCUT2D eigenvalue weighted by atomic mass is 35.5. The number of halogens is 3. The van der Waals surface area contributed by atoms with Gasteiger partial charge in [0, 0.05) is 11.8 Å². The van der Waals surface area contributed by atoms with E-state index in [2.05, 4.69) is 9.97 Å². The van der Waals surface area contributed by atoms with Crippen molar-refractivity contribution in [3.63, 3.8) is 0 Å². The summed E-state index contributed by atoms with van der Waals surface area (Å²) in [4.78, 5) is 17.7. The van der Waals surface area contributed by atoms with Gasteiger partial charge in [-0.2, -0.15) is 0 Å². The second-order valence-electron chi connectivity index (χ2n) is 4.31. The number of sulfone groups is 1. The third-order valence-electron chi connectivity index (χ3n) is 2.57. The van der Waals surface area contributed by atoms with Crippen LogP contribution in [0.25, 0.3) is 0 Å². The van der Waals surface area contributed by atoms with Gasteiger partial charge in [0.1, 0.15) is 10.3 Å². The third-order valence-corrected chi connectivity index (χ3v) is 5.00. The van der Waals surface area contributed by atoms with E-state index in [0.29, 0.717) is 5.56 Å². The van der Waals surface area contributed by atoms with Crippen LogP contribution < -0.4 is 5.56 Å². The maximum Gasteiger partial charge on any atom is 0.253 e. The second kappa shape index (κ2) is 6.36. The van der Waals surface area contributed by atoms with Gasteiger partial charge in [-0.1, -0.05) is 34.8 Å². The van der Waals surface area contributed by atoms with Gasteiger partial charge < -0.3 is 4.98 Å². The smallest absolute Gasteiger partial charge is 0.253 e. The van der Waals surface area contributed by atoms with Gasteiger partial charge in [-0.05, 0) is 23.8 Å². The van der Waals surface area contributed by atoms with E-state index in [4.69, 9.17) is 34.8 Å². The minimum absolute atomic E-state index is 0.104. The predicted octanol–water partition coefficient (Wildman–Crippen LogP) is 2.85. The zero-order valence-electron chi connectivity index (χ0n) is 10.4. The van der Waals surface area contributed by atoms with Crippen LogP contribution >= 0.6 is 34.8 Å². The van der Waals surface area contributed by atoms with Crippen molar-refractivity contribution < 1.29 is 8.42 Å². The van der Waals surface area contributed by atoms with Crippen molar-refractivity contribution in [3.8, 4) is 0 Å². The summed E-state index contributed by atoms with van der Waals surface area (Å²) >= 11 is 17.1. The number of pyridine rings is 2. The monoisotopic (exact) mass is 366 g/mol. The molecule has 1 N–H and O–H groups in total. The van der Waals surface area contributed by atoms with Crippen LogP contribution in [-0.2, 0) is 21.3 Å². The third kappa shape index (κ3) is 4.44. The van der Waals surface area contributed by atoms with E-state index in [-0.39, 0.29) is 26.6 Å². The molecule has 0 bridgehead atoms. The first-order valence-electron chi connectivity index (χ1n) is 5.65. The Morgan fingerprint density at radius 2 is 1.86 bits per heavy atom. The second-order valence-corrected chi connectivity index (χ2v) is 7.55. The quantitative estimate of drug-likeness (QED) is 0.843. The molecule has 0 saturated heterocycles. The SMILES string of the molecule is O=c1[nH]c(Cl)ccc1CS(=O)(=O)Cc1cnc(Cl)c(Cl)c1. The fourth-order valence-electron chi connectivity index (χ4n) is 1.68. The summed E-state index contributed by atoms with van der Waals surface area (Å²) in [5.74, 6) is -0.696. The van der Waals surface area contributed by atoms with Crippen LogP contribution in [0.15, 0.2) is 29.2 Å². The van der Waals surface area contributed by atoms with Crippen molar-refractivity contribution in [1.82, 2.24) is 9.97 Å². The zero-order chi connectivity index (χ0) is 15.6. The molecule has 2 rings (SSSR count). The molecule has 0 saturated carbocycles. The molecule has 0 aliphatic carbocycles. The number of nitrogens with one attached hydrogen (secondary N) is 1. The van der Waals surface area contributed by atoms with Gasteiger partial charge in [-0.25, -0.2) is 13.4 Å². The van der Waals surface area contributed by atoms with E-state index in [1.165, 1.54) is 24.4 Å². The summed E-state index contributed by atoms with van der Waals surface area (Å²) in [5.41, 5.74) is -0.0134. The van der Waals surface area contributed by atoms with Gasteiger partial charge in [-0.3, -0.25) is 4.79 Å². The molecule has 0 amide bonds. The number of rotatable bonds is 4. The molecular formula is C12H9Cl3N2O3S. The molecule has 2 aromatic rings. The van der Waals surface area contributed by atoms with Crippen molar-refractivity contribution in [1.29, 1.82) is 0 Å². The number of hydrogen-bond donors (Lipinski definition) is 1. The summed E-state index contributed by atoms with van der Waals surface area (Å²) in [5, 5.41) is 0.426. The first-order chi connectivity index (χ1) is 9.77. The average molecular weight is 368 g/mol. The molecule has 0 atom stereocenters. The van der Waals surface area contributed by atoms with Gasteiger partial charge in [0.2, 0.25) is 0 Å². The first kappa shape index (κ1) is 16.3. The van der Waals surface area contributed by atoms with E-state index in [1.54, 1.807) is 0 Å². The fraction of sp³-hybridized carbons (Fsp3) is 0.167. The van der Waals surface area contributed by atoms with Crippen molar-refractivity contribution in [2.75, 3.05) is 0 Å². The number of H-pyrrole nitrogens is 1. The van der Waals surface area contributed by atoms with Crippen LogP contribution in [0, 0.1) is 0 Å². The standard InChI is InChI=1S/C12H9Cl3N2O3S/c13-9-3-7(4-16-11(9)15)5-21(19,20)6-8-1-2-10(14)17-12(8)18/h1-4H,5-6H2,(H,17,18). The number of aromatic nitrogens is 2. The van der Waals surface area contributed by atoms with Gasteiger partial charge >= 0.3 is 0 Å². The summed E-state index contributed by atoms with van der Waals surface area (Å²) in [6, 6.07) is 4.24. The van der Waals surface area contributed by atoms with Crippen molar-refractivity contribution in [2.45, 2.75) is 11.5 Å². The molecule has 0 spiro atoms. The minimum atomic E-state index is -3.56. The molecule has 0 radical (unpaired) electrons. The van der Waals surface area contributed by atoms with Crippen molar-refractivity contribution in [2.24, 2.45) is 0 Å². The molecule has 21 heavy (non-hydrogen) atoms. The fourth-order valence-corrected chi connectivity index (χ4v) is 3.59. The predicted molar refractivity (Wildman–Crippen MR) is 82.7 cm³/mol. The van der Waals surface area contributed by atoms with E-state index < -0.39 is 21.1 Å². The number of aromatic amines is 1. The van der Waals surface area contributed by atoms with Crippen LogP contribution in [0.1, 0.15) is 11.1 Å². The molecule has 2 aromatic heterocycles. The lowest BCUT2D eigenvalue weighted by molar-refractivity contribution is 0.594. The van der Waals surface area contributed by atoms with Gasteiger partial charge in [0.15, 0.2) is 9.84 Å². The van der Waals surface area contributed by atoms with Gasteiger partial charge in [-0.15, -0.1) is 0 Å². The topological polar surface area (TPSA) is 79.9 Å². The molecular weight excluding hydrogens is 359 g/mol. The Balaban J connectivity index is 2.22. The Labute approximate surface area is 135 Å². The molecule has 0 unspecified atom stereocenters. The van der Waals surface area contributed by atoms with Crippen LogP contribution in [-0.4, -0.2) is 18.4 Å². The normalized spacial score (nSPS) is 11.6. The first-order valence-corrected chi connectivity index (χ1v) is 8.60. The maximum absolute atomic E-state index is 12.1. The minimum Gasteiger partial charge on any atom is -0.313 e. The highest BCUT2D eigenvalue weighted by Gasteiger charge is 2.16. The molecule has 5 nitrogen and oxygen atoms in total. The van der Waals surface area contributed by atoms with Crippen LogP contribution in [0.5, 0.6) is 0 Å². The average Bonchev–Trinajstić information content (AvgIpc) is 2.37. The van der Waals surface area contributed by atoms with E-state index in [0.717, 1.165) is 0 Å². The Morgan fingerprint density at radius 1 is 1.14 bits per heavy atom. The van der Waals surface area contributed by atoms with Crippen LogP contribution in [0.3, 0.4) is 0 Å². The Hall–Kier alpha value is -1.08. The Bertz CT molecular complexity index is 834. The molecule has 112 valence electrons. The highest BCUT2D eigenvalue weighted by Crippen LogP contribution is 2.21. The lowest BCUT2D eigenvalue weighted by atomic mass is 10.3. The van der Waals surface area contributed by atoms with Gasteiger partial charge in [0.25, 0.3) is 5.56 Å². The van der Waals surface area contributed by atoms with Gasteiger partial charge in [0.05, 0.1) is 16.5 Å². The van der Waals surface area contributed by atoms with Crippen LogP contribution in [0.4, 0.5) is 0 Å².